The summed E-state index contributed by atoms with van der Waals surface area (Å²) in [6.45, 7) is 8.61. The summed E-state index contributed by atoms with van der Waals surface area (Å²) in [6.07, 6.45) is 5.65. The SMILES string of the molecule is c1cc(N2CCOCC2)c2c(n1)Nc1cc(C3CCN(C4CCNC4)CC3)ccc1OC2. The maximum Gasteiger partial charge on any atom is 0.143 e. The number of benzene rings is 1. The van der Waals surface area contributed by atoms with Crippen molar-refractivity contribution in [3.63, 3.8) is 0 Å². The van der Waals surface area contributed by atoms with Gasteiger partial charge in [0.25, 0.3) is 0 Å². The average Bonchev–Trinajstić information content (AvgIpc) is 3.32. The number of rotatable bonds is 3. The van der Waals surface area contributed by atoms with Crippen molar-refractivity contribution in [1.82, 2.24) is 15.2 Å². The van der Waals surface area contributed by atoms with Crippen molar-refractivity contribution in [2.24, 2.45) is 0 Å². The van der Waals surface area contributed by atoms with E-state index in [1.807, 2.05) is 6.20 Å². The molecule has 1 aromatic heterocycles. The van der Waals surface area contributed by atoms with Gasteiger partial charge in [-0.2, -0.15) is 0 Å². The average molecular weight is 436 g/mol. The molecule has 5 heterocycles. The molecule has 3 saturated heterocycles. The van der Waals surface area contributed by atoms with Crippen LogP contribution in [0.4, 0.5) is 17.2 Å². The van der Waals surface area contributed by atoms with E-state index in [1.165, 1.54) is 50.1 Å². The van der Waals surface area contributed by atoms with E-state index in [0.29, 0.717) is 12.5 Å². The Morgan fingerprint density at radius 1 is 1.00 bits per heavy atom. The van der Waals surface area contributed by atoms with E-state index in [2.05, 4.69) is 49.7 Å². The lowest BCUT2D eigenvalue weighted by Gasteiger charge is -2.36. The van der Waals surface area contributed by atoms with Crippen LogP contribution in [-0.4, -0.2) is 68.4 Å². The van der Waals surface area contributed by atoms with Gasteiger partial charge < -0.3 is 25.0 Å². The van der Waals surface area contributed by atoms with Crippen LogP contribution in [0.15, 0.2) is 30.5 Å². The molecule has 6 rings (SSSR count). The van der Waals surface area contributed by atoms with Crippen molar-refractivity contribution >= 4 is 17.2 Å². The zero-order valence-electron chi connectivity index (χ0n) is 18.7. The Bertz CT molecular complexity index is 947. The molecule has 0 amide bonds. The second-order valence-corrected chi connectivity index (χ2v) is 9.38. The predicted octanol–water partition coefficient (Wildman–Crippen LogP) is 3.10. The lowest BCUT2D eigenvalue weighted by Crippen LogP contribution is -2.42. The minimum absolute atomic E-state index is 0.531. The van der Waals surface area contributed by atoms with Gasteiger partial charge >= 0.3 is 0 Å². The maximum absolute atomic E-state index is 6.26. The number of nitrogens with zero attached hydrogens (tertiary/aromatic N) is 3. The first-order valence-corrected chi connectivity index (χ1v) is 12.1. The third-order valence-corrected chi connectivity index (χ3v) is 7.56. The van der Waals surface area contributed by atoms with Crippen LogP contribution < -0.4 is 20.3 Å². The molecular formula is C25H33N5O2. The first kappa shape index (κ1) is 20.3. The molecule has 3 fully saturated rings. The van der Waals surface area contributed by atoms with Crippen molar-refractivity contribution in [2.45, 2.75) is 37.8 Å². The summed E-state index contributed by atoms with van der Waals surface area (Å²) in [4.78, 5) is 9.74. The van der Waals surface area contributed by atoms with Crippen LogP contribution in [0.25, 0.3) is 0 Å². The van der Waals surface area contributed by atoms with Crippen LogP contribution in [0.3, 0.4) is 0 Å². The Morgan fingerprint density at radius 3 is 2.69 bits per heavy atom. The highest BCUT2D eigenvalue weighted by Gasteiger charge is 2.28. The third-order valence-electron chi connectivity index (χ3n) is 7.56. The summed E-state index contributed by atoms with van der Waals surface area (Å²) in [5.74, 6) is 2.44. The van der Waals surface area contributed by atoms with Gasteiger partial charge in [-0.3, -0.25) is 4.90 Å². The number of nitrogens with one attached hydrogen (secondary N) is 2. The molecule has 2 aromatic rings. The van der Waals surface area contributed by atoms with E-state index in [4.69, 9.17) is 9.47 Å². The Morgan fingerprint density at radius 2 is 1.88 bits per heavy atom. The first-order valence-electron chi connectivity index (χ1n) is 12.1. The highest BCUT2D eigenvalue weighted by molar-refractivity contribution is 5.73. The topological polar surface area (TPSA) is 61.9 Å². The molecule has 2 N–H and O–H groups in total. The highest BCUT2D eigenvalue weighted by Crippen LogP contribution is 2.40. The number of fused-ring (bicyclic) bond motifs is 2. The van der Waals surface area contributed by atoms with Crippen LogP contribution in [0.2, 0.25) is 0 Å². The Labute approximate surface area is 190 Å². The fourth-order valence-corrected chi connectivity index (χ4v) is 5.68. The molecule has 1 unspecified atom stereocenters. The summed E-state index contributed by atoms with van der Waals surface area (Å²) in [5.41, 5.74) is 4.78. The molecule has 4 aliphatic rings. The van der Waals surface area contributed by atoms with Crippen LogP contribution in [0.5, 0.6) is 5.75 Å². The largest absolute Gasteiger partial charge is 0.487 e. The van der Waals surface area contributed by atoms with E-state index >= 15 is 0 Å². The highest BCUT2D eigenvalue weighted by atomic mass is 16.5. The monoisotopic (exact) mass is 435 g/mol. The van der Waals surface area contributed by atoms with Crippen molar-refractivity contribution in [3.8, 4) is 5.75 Å². The molecule has 0 radical (unpaired) electrons. The standard InChI is InChI=1S/C25H33N5O2/c1-2-24-22(15-19(1)18-5-9-29(10-6-18)20-3-7-26-16-20)28-25-21(17-32-24)23(4-8-27-25)30-11-13-31-14-12-30/h1-2,4,8,15,18,20,26H,3,5-7,9-14,16-17H2,(H,27,28). The van der Waals surface area contributed by atoms with E-state index in [9.17, 15) is 0 Å². The van der Waals surface area contributed by atoms with Gasteiger partial charge in [-0.1, -0.05) is 6.07 Å². The number of anilines is 3. The molecule has 7 heteroatoms. The van der Waals surface area contributed by atoms with Gasteiger partial charge in [0, 0.05) is 37.6 Å². The zero-order chi connectivity index (χ0) is 21.3. The minimum atomic E-state index is 0.531. The molecule has 4 aliphatic heterocycles. The number of morpholine rings is 1. The Hall–Kier alpha value is -2.35. The Balaban J connectivity index is 1.20. The molecule has 7 nitrogen and oxygen atoms in total. The van der Waals surface area contributed by atoms with Gasteiger partial charge in [-0.05, 0) is 68.6 Å². The van der Waals surface area contributed by atoms with Gasteiger partial charge in [0.15, 0.2) is 0 Å². The second kappa shape index (κ2) is 8.89. The van der Waals surface area contributed by atoms with E-state index in [0.717, 1.165) is 61.7 Å². The fraction of sp³-hybridized carbons (Fsp3) is 0.560. The van der Waals surface area contributed by atoms with Crippen LogP contribution >= 0.6 is 0 Å². The van der Waals surface area contributed by atoms with Gasteiger partial charge in [0.1, 0.15) is 18.2 Å². The molecule has 1 atom stereocenters. The molecule has 0 spiro atoms. The molecule has 0 bridgehead atoms. The van der Waals surface area contributed by atoms with E-state index < -0.39 is 0 Å². The first-order chi connectivity index (χ1) is 15.8. The summed E-state index contributed by atoms with van der Waals surface area (Å²) in [5, 5.41) is 7.11. The third kappa shape index (κ3) is 3.93. The summed E-state index contributed by atoms with van der Waals surface area (Å²) in [6, 6.07) is 9.55. The second-order valence-electron chi connectivity index (χ2n) is 9.38. The molecule has 32 heavy (non-hydrogen) atoms. The van der Waals surface area contributed by atoms with Crippen molar-refractivity contribution in [2.75, 3.05) is 62.7 Å². The maximum atomic E-state index is 6.26. The summed E-state index contributed by atoms with van der Waals surface area (Å²) in [7, 11) is 0. The number of aromatic nitrogens is 1. The fourth-order valence-electron chi connectivity index (χ4n) is 5.68. The van der Waals surface area contributed by atoms with E-state index in [-0.39, 0.29) is 0 Å². The van der Waals surface area contributed by atoms with Gasteiger partial charge in [0.2, 0.25) is 0 Å². The molecule has 0 aliphatic carbocycles. The normalized spacial score (nSPS) is 24.2. The Kier molecular flexibility index (Phi) is 5.63. The molecular weight excluding hydrogens is 402 g/mol. The smallest absolute Gasteiger partial charge is 0.143 e. The van der Waals surface area contributed by atoms with Crippen molar-refractivity contribution in [3.05, 3.63) is 41.6 Å². The number of pyridine rings is 1. The summed E-state index contributed by atoms with van der Waals surface area (Å²) < 4.78 is 11.8. The van der Waals surface area contributed by atoms with Crippen LogP contribution in [0.1, 0.15) is 36.3 Å². The molecule has 0 saturated carbocycles. The van der Waals surface area contributed by atoms with Crippen molar-refractivity contribution in [1.29, 1.82) is 0 Å². The van der Waals surface area contributed by atoms with Gasteiger partial charge in [0.05, 0.1) is 24.5 Å². The van der Waals surface area contributed by atoms with Crippen LogP contribution in [0, 0.1) is 0 Å². The molecule has 170 valence electrons. The van der Waals surface area contributed by atoms with Crippen LogP contribution in [-0.2, 0) is 11.3 Å². The number of hydrogen-bond acceptors (Lipinski definition) is 7. The number of likely N-dealkylation sites (tertiary alicyclic amines) is 1. The quantitative estimate of drug-likeness (QED) is 0.768. The zero-order valence-corrected chi connectivity index (χ0v) is 18.7. The lowest BCUT2D eigenvalue weighted by molar-refractivity contribution is 0.122. The summed E-state index contributed by atoms with van der Waals surface area (Å²) >= 11 is 0. The van der Waals surface area contributed by atoms with Gasteiger partial charge in [-0.15, -0.1) is 0 Å². The van der Waals surface area contributed by atoms with Crippen molar-refractivity contribution < 1.29 is 9.47 Å². The number of piperidine rings is 1. The van der Waals surface area contributed by atoms with Gasteiger partial charge in [-0.25, -0.2) is 4.98 Å². The van der Waals surface area contributed by atoms with E-state index in [1.54, 1.807) is 0 Å². The minimum Gasteiger partial charge on any atom is -0.487 e. The molecule has 1 aromatic carbocycles. The number of ether oxygens (including phenoxy) is 2. The predicted molar refractivity (Wildman–Crippen MR) is 126 cm³/mol. The lowest BCUT2D eigenvalue weighted by atomic mass is 9.88. The number of hydrogen-bond donors (Lipinski definition) is 2.